The molecule has 0 aliphatic heterocycles. The summed E-state index contributed by atoms with van der Waals surface area (Å²) >= 11 is 0. The molecule has 0 atom stereocenters. The van der Waals surface area contributed by atoms with Gasteiger partial charge in [-0.2, -0.15) is 0 Å². The minimum atomic E-state index is -1.21. The lowest BCUT2D eigenvalue weighted by Crippen LogP contribution is -2.24. The van der Waals surface area contributed by atoms with E-state index in [1.54, 1.807) is 13.8 Å². The average molecular weight is 213 g/mol. The van der Waals surface area contributed by atoms with Gasteiger partial charge in [0, 0.05) is 6.04 Å². The van der Waals surface area contributed by atoms with Gasteiger partial charge in [0.05, 0.1) is 11.0 Å². The van der Waals surface area contributed by atoms with E-state index in [0.29, 0.717) is 0 Å². The van der Waals surface area contributed by atoms with Crippen molar-refractivity contribution in [3.8, 4) is 0 Å². The first-order chi connectivity index (χ1) is 6.91. The maximum atomic E-state index is 10.8. The second kappa shape index (κ2) is 3.99. The van der Waals surface area contributed by atoms with Gasteiger partial charge in [0.25, 0.3) is 5.69 Å². The SMILES string of the molecule is CC(C)Nn1cc([N+](=O)[O-])cc1C(=O)O. The summed E-state index contributed by atoms with van der Waals surface area (Å²) < 4.78 is 1.14. The second-order valence-corrected chi connectivity index (χ2v) is 3.30. The molecule has 7 nitrogen and oxygen atoms in total. The van der Waals surface area contributed by atoms with Crippen molar-refractivity contribution in [1.29, 1.82) is 0 Å². The van der Waals surface area contributed by atoms with E-state index in [1.807, 2.05) is 0 Å². The van der Waals surface area contributed by atoms with Crippen molar-refractivity contribution in [1.82, 2.24) is 4.68 Å². The zero-order chi connectivity index (χ0) is 11.6. The predicted octanol–water partition coefficient (Wildman–Crippen LogP) is 1.05. The fourth-order valence-electron chi connectivity index (χ4n) is 1.10. The Hall–Kier alpha value is -2.05. The summed E-state index contributed by atoms with van der Waals surface area (Å²) in [6, 6.07) is 0.993. The molecule has 0 spiro atoms. The van der Waals surface area contributed by atoms with Gasteiger partial charge in [0.1, 0.15) is 6.20 Å². The molecule has 0 aliphatic rings. The number of carbonyl (C=O) groups is 1. The van der Waals surface area contributed by atoms with Crippen molar-refractivity contribution in [2.24, 2.45) is 0 Å². The number of rotatable bonds is 4. The molecular formula is C8H11N3O4. The molecule has 1 heterocycles. The Kier molecular flexibility index (Phi) is 2.93. The minimum Gasteiger partial charge on any atom is -0.477 e. The van der Waals surface area contributed by atoms with Crippen LogP contribution in [0.5, 0.6) is 0 Å². The van der Waals surface area contributed by atoms with E-state index in [2.05, 4.69) is 5.43 Å². The molecule has 82 valence electrons. The Morgan fingerprint density at radius 3 is 2.67 bits per heavy atom. The zero-order valence-electron chi connectivity index (χ0n) is 8.30. The molecule has 0 fully saturated rings. The highest BCUT2D eigenvalue weighted by Gasteiger charge is 2.18. The molecule has 0 unspecified atom stereocenters. The normalized spacial score (nSPS) is 10.3. The smallest absolute Gasteiger partial charge is 0.354 e. The summed E-state index contributed by atoms with van der Waals surface area (Å²) in [6.45, 7) is 3.61. The van der Waals surface area contributed by atoms with Crippen LogP contribution >= 0.6 is 0 Å². The lowest BCUT2D eigenvalue weighted by molar-refractivity contribution is -0.384. The molecule has 7 heteroatoms. The molecule has 0 amide bonds. The fourth-order valence-corrected chi connectivity index (χ4v) is 1.10. The quantitative estimate of drug-likeness (QED) is 0.575. The van der Waals surface area contributed by atoms with E-state index in [-0.39, 0.29) is 17.4 Å². The minimum absolute atomic E-state index is 0.0184. The maximum Gasteiger partial charge on any atom is 0.354 e. The highest BCUT2D eigenvalue weighted by Crippen LogP contribution is 2.15. The lowest BCUT2D eigenvalue weighted by atomic mass is 10.4. The van der Waals surface area contributed by atoms with Gasteiger partial charge in [0.15, 0.2) is 5.69 Å². The third kappa shape index (κ3) is 2.46. The average Bonchev–Trinajstić information content (AvgIpc) is 2.46. The summed E-state index contributed by atoms with van der Waals surface area (Å²) in [5.74, 6) is -1.21. The van der Waals surface area contributed by atoms with Gasteiger partial charge in [-0.15, -0.1) is 0 Å². The van der Waals surface area contributed by atoms with Gasteiger partial charge in [-0.05, 0) is 13.8 Å². The summed E-state index contributed by atoms with van der Waals surface area (Å²) in [5, 5.41) is 19.2. The summed E-state index contributed by atoms with van der Waals surface area (Å²) in [5.41, 5.74) is 2.35. The van der Waals surface area contributed by atoms with Gasteiger partial charge < -0.3 is 10.5 Å². The van der Waals surface area contributed by atoms with Crippen molar-refractivity contribution >= 4 is 11.7 Å². The van der Waals surface area contributed by atoms with Crippen molar-refractivity contribution in [3.05, 3.63) is 28.1 Å². The number of hydrogen-bond donors (Lipinski definition) is 2. The van der Waals surface area contributed by atoms with Crippen LogP contribution in [0, 0.1) is 10.1 Å². The molecular weight excluding hydrogens is 202 g/mol. The first-order valence-corrected chi connectivity index (χ1v) is 4.28. The Labute approximate surface area is 85.4 Å². The van der Waals surface area contributed by atoms with E-state index in [0.717, 1.165) is 16.9 Å². The summed E-state index contributed by atoms with van der Waals surface area (Å²) in [6.07, 6.45) is 1.14. The highest BCUT2D eigenvalue weighted by molar-refractivity contribution is 5.87. The summed E-state index contributed by atoms with van der Waals surface area (Å²) in [7, 11) is 0. The molecule has 0 aromatic carbocycles. The topological polar surface area (TPSA) is 97.4 Å². The van der Waals surface area contributed by atoms with Crippen molar-refractivity contribution < 1.29 is 14.8 Å². The third-order valence-electron chi connectivity index (χ3n) is 1.63. The standard InChI is InChI=1S/C8H11N3O4/c1-5(2)9-10-4-6(11(14)15)3-7(10)8(12)13/h3-5,9H,1-2H3,(H,12,13). The van der Waals surface area contributed by atoms with E-state index in [9.17, 15) is 14.9 Å². The van der Waals surface area contributed by atoms with E-state index in [1.165, 1.54) is 0 Å². The Morgan fingerprint density at radius 1 is 1.67 bits per heavy atom. The number of nitrogens with one attached hydrogen (secondary N) is 1. The second-order valence-electron chi connectivity index (χ2n) is 3.30. The number of aromatic carboxylic acids is 1. The van der Waals surface area contributed by atoms with Crippen LogP contribution in [0.3, 0.4) is 0 Å². The van der Waals surface area contributed by atoms with E-state index in [4.69, 9.17) is 5.11 Å². The van der Waals surface area contributed by atoms with Crippen LogP contribution < -0.4 is 5.43 Å². The highest BCUT2D eigenvalue weighted by atomic mass is 16.6. The maximum absolute atomic E-state index is 10.8. The fraction of sp³-hybridized carbons (Fsp3) is 0.375. The van der Waals surface area contributed by atoms with Crippen LogP contribution in [0.25, 0.3) is 0 Å². The lowest BCUT2D eigenvalue weighted by Gasteiger charge is -2.11. The predicted molar refractivity (Wildman–Crippen MR) is 52.5 cm³/mol. The molecule has 15 heavy (non-hydrogen) atoms. The van der Waals surface area contributed by atoms with Gasteiger partial charge in [-0.1, -0.05) is 0 Å². The monoisotopic (exact) mass is 213 g/mol. The molecule has 2 N–H and O–H groups in total. The molecule has 0 bridgehead atoms. The van der Waals surface area contributed by atoms with E-state index >= 15 is 0 Å². The number of nitro groups is 1. The molecule has 0 saturated carbocycles. The van der Waals surface area contributed by atoms with Crippen LogP contribution in [-0.4, -0.2) is 26.7 Å². The van der Waals surface area contributed by atoms with Crippen LogP contribution in [0.4, 0.5) is 5.69 Å². The van der Waals surface area contributed by atoms with Gasteiger partial charge in [0.2, 0.25) is 0 Å². The van der Waals surface area contributed by atoms with Crippen LogP contribution in [0.2, 0.25) is 0 Å². The molecule has 1 rings (SSSR count). The van der Waals surface area contributed by atoms with Crippen LogP contribution in [0.15, 0.2) is 12.3 Å². The largest absolute Gasteiger partial charge is 0.477 e. The Balaban J connectivity index is 3.11. The van der Waals surface area contributed by atoms with Crippen molar-refractivity contribution in [3.63, 3.8) is 0 Å². The molecule has 0 aliphatic carbocycles. The van der Waals surface area contributed by atoms with Gasteiger partial charge in [-0.25, -0.2) is 4.79 Å². The first-order valence-electron chi connectivity index (χ1n) is 4.28. The third-order valence-corrected chi connectivity index (χ3v) is 1.63. The first kappa shape index (κ1) is 11.0. The number of nitrogens with zero attached hydrogens (tertiary/aromatic N) is 2. The number of carboxylic acids is 1. The Bertz CT molecular complexity index is 397. The molecule has 0 radical (unpaired) electrons. The zero-order valence-corrected chi connectivity index (χ0v) is 8.30. The molecule has 1 aromatic heterocycles. The molecule has 0 saturated heterocycles. The van der Waals surface area contributed by atoms with E-state index < -0.39 is 10.9 Å². The summed E-state index contributed by atoms with van der Waals surface area (Å²) in [4.78, 5) is 20.6. The van der Waals surface area contributed by atoms with Crippen LogP contribution in [-0.2, 0) is 0 Å². The van der Waals surface area contributed by atoms with Crippen molar-refractivity contribution in [2.75, 3.05) is 5.43 Å². The van der Waals surface area contributed by atoms with Crippen molar-refractivity contribution in [2.45, 2.75) is 19.9 Å². The number of aromatic nitrogens is 1. The molecule has 1 aromatic rings. The van der Waals surface area contributed by atoms with Gasteiger partial charge >= 0.3 is 5.97 Å². The Morgan fingerprint density at radius 2 is 2.27 bits per heavy atom. The number of carboxylic acid groups (broad SMARTS) is 1. The number of hydrogen-bond acceptors (Lipinski definition) is 4. The van der Waals surface area contributed by atoms with Crippen LogP contribution in [0.1, 0.15) is 24.3 Å². The van der Waals surface area contributed by atoms with Gasteiger partial charge in [-0.3, -0.25) is 14.8 Å².